The molecule has 1 unspecified atom stereocenters. The topological polar surface area (TPSA) is 66.4 Å². The second-order valence-corrected chi connectivity index (χ2v) is 6.61. The summed E-state index contributed by atoms with van der Waals surface area (Å²) in [6.07, 6.45) is 0. The van der Waals surface area contributed by atoms with Gasteiger partial charge in [-0.15, -0.1) is 0 Å². The third kappa shape index (κ3) is 3.54. The van der Waals surface area contributed by atoms with E-state index in [-0.39, 0.29) is 17.4 Å². The molecule has 18 heavy (non-hydrogen) atoms. The molecule has 4 nitrogen and oxygen atoms in total. The van der Waals surface area contributed by atoms with E-state index >= 15 is 0 Å². The van der Waals surface area contributed by atoms with Gasteiger partial charge in [0, 0.05) is 6.04 Å². The van der Waals surface area contributed by atoms with Crippen LogP contribution >= 0.6 is 0 Å². The maximum absolute atomic E-state index is 12.3. The van der Waals surface area contributed by atoms with Crippen molar-refractivity contribution in [2.75, 3.05) is 6.61 Å². The van der Waals surface area contributed by atoms with E-state index < -0.39 is 16.1 Å². The molecule has 5 heteroatoms. The van der Waals surface area contributed by atoms with Crippen LogP contribution in [-0.2, 0) is 10.0 Å². The van der Waals surface area contributed by atoms with Crippen molar-refractivity contribution in [1.29, 1.82) is 0 Å². The van der Waals surface area contributed by atoms with Gasteiger partial charge in [0.15, 0.2) is 0 Å². The van der Waals surface area contributed by atoms with Crippen molar-refractivity contribution >= 4 is 10.0 Å². The fraction of sp³-hybridized carbons (Fsp3) is 0.538. The molecule has 0 aliphatic rings. The molecule has 2 N–H and O–H groups in total. The Hall–Kier alpha value is -0.910. The molecule has 0 saturated heterocycles. The summed E-state index contributed by atoms with van der Waals surface area (Å²) in [5, 5.41) is 9.20. The Bertz CT molecular complexity index is 509. The molecular formula is C13H21NO3S. The van der Waals surface area contributed by atoms with Crippen molar-refractivity contribution in [3.63, 3.8) is 0 Å². The largest absolute Gasteiger partial charge is 0.395 e. The maximum atomic E-state index is 12.3. The fourth-order valence-electron chi connectivity index (χ4n) is 1.64. The molecule has 0 amide bonds. The third-order valence-corrected chi connectivity index (χ3v) is 4.57. The molecule has 0 aromatic heterocycles. The molecule has 0 heterocycles. The lowest BCUT2D eigenvalue weighted by Gasteiger charge is -2.20. The number of aliphatic hydroxyl groups excluding tert-OH is 1. The van der Waals surface area contributed by atoms with Gasteiger partial charge in [-0.2, -0.15) is 0 Å². The first kappa shape index (κ1) is 15.1. The van der Waals surface area contributed by atoms with Crippen molar-refractivity contribution in [1.82, 2.24) is 4.72 Å². The molecule has 0 spiro atoms. The minimum Gasteiger partial charge on any atom is -0.395 e. The van der Waals surface area contributed by atoms with E-state index in [0.717, 1.165) is 5.56 Å². The van der Waals surface area contributed by atoms with E-state index in [2.05, 4.69) is 4.72 Å². The summed E-state index contributed by atoms with van der Waals surface area (Å²) in [6.45, 7) is 7.14. The zero-order chi connectivity index (χ0) is 13.9. The van der Waals surface area contributed by atoms with Gasteiger partial charge in [0.1, 0.15) is 0 Å². The third-order valence-electron chi connectivity index (χ3n) is 2.94. The molecule has 0 saturated carbocycles. The molecule has 102 valence electrons. The lowest BCUT2D eigenvalue weighted by Crippen LogP contribution is -2.41. The number of hydrogen-bond acceptors (Lipinski definition) is 3. The van der Waals surface area contributed by atoms with Gasteiger partial charge in [0.2, 0.25) is 10.0 Å². The van der Waals surface area contributed by atoms with Crippen LogP contribution in [0.4, 0.5) is 0 Å². The number of nitrogens with one attached hydrogen (secondary N) is 1. The van der Waals surface area contributed by atoms with Crippen molar-refractivity contribution in [3.05, 3.63) is 29.3 Å². The first-order valence-corrected chi connectivity index (χ1v) is 7.46. The summed E-state index contributed by atoms with van der Waals surface area (Å²) < 4.78 is 27.1. The van der Waals surface area contributed by atoms with E-state index in [9.17, 15) is 13.5 Å². The molecular weight excluding hydrogens is 250 g/mol. The van der Waals surface area contributed by atoms with Gasteiger partial charge in [0.05, 0.1) is 11.5 Å². The Morgan fingerprint density at radius 2 is 1.89 bits per heavy atom. The molecule has 1 aromatic rings. The highest BCUT2D eigenvalue weighted by Gasteiger charge is 2.23. The summed E-state index contributed by atoms with van der Waals surface area (Å²) in [5.41, 5.74) is 1.60. The Kier molecular flexibility index (Phi) is 4.90. The van der Waals surface area contributed by atoms with Crippen LogP contribution in [0.25, 0.3) is 0 Å². The highest BCUT2D eigenvalue weighted by molar-refractivity contribution is 7.89. The highest BCUT2D eigenvalue weighted by atomic mass is 32.2. The molecule has 0 bridgehead atoms. The smallest absolute Gasteiger partial charge is 0.241 e. The molecule has 0 radical (unpaired) electrons. The van der Waals surface area contributed by atoms with Gasteiger partial charge in [-0.25, -0.2) is 13.1 Å². The van der Waals surface area contributed by atoms with Crippen LogP contribution in [0.5, 0.6) is 0 Å². The van der Waals surface area contributed by atoms with Gasteiger partial charge in [0.25, 0.3) is 0 Å². The second-order valence-electron chi connectivity index (χ2n) is 4.92. The van der Waals surface area contributed by atoms with E-state index in [0.29, 0.717) is 5.56 Å². The fourth-order valence-corrected chi connectivity index (χ4v) is 3.35. The highest BCUT2D eigenvalue weighted by Crippen LogP contribution is 2.17. The summed E-state index contributed by atoms with van der Waals surface area (Å²) >= 11 is 0. The van der Waals surface area contributed by atoms with Crippen LogP contribution in [0, 0.1) is 19.8 Å². The Labute approximate surface area is 109 Å². The first-order valence-electron chi connectivity index (χ1n) is 5.98. The van der Waals surface area contributed by atoms with Gasteiger partial charge >= 0.3 is 0 Å². The van der Waals surface area contributed by atoms with Crippen LogP contribution in [-0.4, -0.2) is 26.2 Å². The van der Waals surface area contributed by atoms with Crippen molar-refractivity contribution < 1.29 is 13.5 Å². The predicted octanol–water partition coefficient (Wildman–Crippen LogP) is 1.60. The summed E-state index contributed by atoms with van der Waals surface area (Å²) in [6, 6.07) is 4.84. The quantitative estimate of drug-likeness (QED) is 0.855. The molecule has 0 fully saturated rings. The van der Waals surface area contributed by atoms with E-state index in [1.165, 1.54) is 0 Å². The van der Waals surface area contributed by atoms with Crippen molar-refractivity contribution in [3.8, 4) is 0 Å². The average Bonchev–Trinajstić information content (AvgIpc) is 2.28. The summed E-state index contributed by atoms with van der Waals surface area (Å²) in [5.74, 6) is 0.0369. The number of hydrogen-bond donors (Lipinski definition) is 2. The molecule has 0 aliphatic heterocycles. The average molecular weight is 271 g/mol. The van der Waals surface area contributed by atoms with E-state index in [1.54, 1.807) is 19.1 Å². The molecule has 1 atom stereocenters. The normalized spacial score (nSPS) is 13.9. The Balaban J connectivity index is 3.10. The predicted molar refractivity (Wildman–Crippen MR) is 71.9 cm³/mol. The summed E-state index contributed by atoms with van der Waals surface area (Å²) in [4.78, 5) is 0.279. The second kappa shape index (κ2) is 5.82. The van der Waals surface area contributed by atoms with E-state index in [1.807, 2.05) is 26.8 Å². The minimum absolute atomic E-state index is 0.0369. The van der Waals surface area contributed by atoms with Gasteiger partial charge in [-0.05, 0) is 37.0 Å². The van der Waals surface area contributed by atoms with Gasteiger partial charge < -0.3 is 5.11 Å². The van der Waals surface area contributed by atoms with Crippen LogP contribution in [0.2, 0.25) is 0 Å². The number of aliphatic hydroxyl groups is 1. The standard InChI is InChI=1S/C13H21NO3S/c1-9(2)12(8-15)14-18(16,17)13-7-10(3)5-6-11(13)4/h5-7,9,12,14-15H,8H2,1-4H3. The van der Waals surface area contributed by atoms with Crippen LogP contribution in [0.15, 0.2) is 23.1 Å². The molecule has 1 aromatic carbocycles. The Morgan fingerprint density at radius 1 is 1.28 bits per heavy atom. The zero-order valence-corrected chi connectivity index (χ0v) is 12.1. The van der Waals surface area contributed by atoms with Gasteiger partial charge in [-0.1, -0.05) is 26.0 Å². The van der Waals surface area contributed by atoms with Gasteiger partial charge in [-0.3, -0.25) is 0 Å². The lowest BCUT2D eigenvalue weighted by molar-refractivity contribution is 0.227. The monoisotopic (exact) mass is 271 g/mol. The molecule has 0 aliphatic carbocycles. The number of aryl methyl sites for hydroxylation is 2. The van der Waals surface area contributed by atoms with Crippen molar-refractivity contribution in [2.24, 2.45) is 5.92 Å². The SMILES string of the molecule is Cc1ccc(C)c(S(=O)(=O)NC(CO)C(C)C)c1. The zero-order valence-electron chi connectivity index (χ0n) is 11.3. The van der Waals surface area contributed by atoms with E-state index in [4.69, 9.17) is 0 Å². The minimum atomic E-state index is -3.58. The number of sulfonamides is 1. The van der Waals surface area contributed by atoms with Crippen LogP contribution in [0.3, 0.4) is 0 Å². The Morgan fingerprint density at radius 3 is 2.39 bits per heavy atom. The van der Waals surface area contributed by atoms with Crippen LogP contribution < -0.4 is 4.72 Å². The number of benzene rings is 1. The maximum Gasteiger partial charge on any atom is 0.241 e. The summed E-state index contributed by atoms with van der Waals surface area (Å²) in [7, 11) is -3.58. The molecule has 1 rings (SSSR count). The van der Waals surface area contributed by atoms with Crippen LogP contribution in [0.1, 0.15) is 25.0 Å². The lowest BCUT2D eigenvalue weighted by atomic mass is 10.1. The van der Waals surface area contributed by atoms with Crippen molar-refractivity contribution in [2.45, 2.75) is 38.6 Å². The first-order chi connectivity index (χ1) is 8.27. The number of rotatable bonds is 5.